The molecule has 0 amide bonds. The van der Waals surface area contributed by atoms with E-state index < -0.39 is 33.7 Å². The monoisotopic (exact) mass is 330 g/mol. The number of carbonyl (C=O) groups is 2. The molecule has 0 aromatic carbocycles. The first-order valence-corrected chi connectivity index (χ1v) is 7.40. The normalized spacial score (nSPS) is 12.9. The SMILES string of the molecule is O=C(CC(C(=O)O)S(=O)(=O)O)OCCOCCOCCO. The number of aliphatic carboxylic acids is 1. The number of carboxylic acids is 1. The van der Waals surface area contributed by atoms with Crippen molar-refractivity contribution in [3.8, 4) is 0 Å². The van der Waals surface area contributed by atoms with Gasteiger partial charge in [-0.25, -0.2) is 0 Å². The van der Waals surface area contributed by atoms with Crippen molar-refractivity contribution in [1.29, 1.82) is 0 Å². The smallest absolute Gasteiger partial charge is 0.325 e. The molecule has 0 fully saturated rings. The standard InChI is InChI=1S/C10H18O10S/c11-1-2-18-3-4-19-5-6-20-9(12)7-8(10(13)14)21(15,16)17/h8,11H,1-7H2,(H,13,14)(H,15,16,17). The van der Waals surface area contributed by atoms with Crippen LogP contribution in [-0.2, 0) is 33.9 Å². The van der Waals surface area contributed by atoms with Gasteiger partial charge in [-0.1, -0.05) is 0 Å². The van der Waals surface area contributed by atoms with Gasteiger partial charge in [0.2, 0.25) is 0 Å². The van der Waals surface area contributed by atoms with E-state index >= 15 is 0 Å². The molecule has 0 aliphatic rings. The van der Waals surface area contributed by atoms with Gasteiger partial charge in [0, 0.05) is 0 Å². The highest BCUT2D eigenvalue weighted by atomic mass is 32.2. The van der Waals surface area contributed by atoms with E-state index in [1.807, 2.05) is 0 Å². The van der Waals surface area contributed by atoms with E-state index in [0.717, 1.165) is 0 Å². The number of carboxylic acid groups (broad SMARTS) is 1. The molecule has 0 aromatic rings. The van der Waals surface area contributed by atoms with Crippen LogP contribution >= 0.6 is 0 Å². The molecule has 0 radical (unpaired) electrons. The van der Waals surface area contributed by atoms with Crippen LogP contribution < -0.4 is 0 Å². The largest absolute Gasteiger partial charge is 0.480 e. The Morgan fingerprint density at radius 2 is 1.52 bits per heavy atom. The van der Waals surface area contributed by atoms with E-state index in [4.69, 9.17) is 24.2 Å². The Balaban J connectivity index is 3.82. The molecule has 11 heteroatoms. The third kappa shape index (κ3) is 10.1. The predicted molar refractivity (Wildman–Crippen MR) is 67.3 cm³/mol. The van der Waals surface area contributed by atoms with E-state index in [0.29, 0.717) is 0 Å². The maximum Gasteiger partial charge on any atom is 0.325 e. The quantitative estimate of drug-likeness (QED) is 0.214. The van der Waals surface area contributed by atoms with E-state index in [2.05, 4.69) is 4.74 Å². The fourth-order valence-corrected chi connectivity index (χ4v) is 1.73. The molecule has 124 valence electrons. The second-order valence-electron chi connectivity index (χ2n) is 3.71. The second kappa shape index (κ2) is 10.5. The lowest BCUT2D eigenvalue weighted by atomic mass is 10.3. The summed E-state index contributed by atoms with van der Waals surface area (Å²) >= 11 is 0. The lowest BCUT2D eigenvalue weighted by molar-refractivity contribution is -0.148. The number of aliphatic hydroxyl groups is 1. The maximum absolute atomic E-state index is 11.2. The number of carbonyl (C=O) groups excluding carboxylic acids is 1. The molecule has 1 atom stereocenters. The van der Waals surface area contributed by atoms with Gasteiger partial charge in [-0.3, -0.25) is 14.1 Å². The first-order valence-electron chi connectivity index (χ1n) is 5.90. The second-order valence-corrected chi connectivity index (χ2v) is 5.31. The van der Waals surface area contributed by atoms with Gasteiger partial charge >= 0.3 is 11.9 Å². The Morgan fingerprint density at radius 1 is 1.00 bits per heavy atom. The zero-order valence-electron chi connectivity index (χ0n) is 11.1. The van der Waals surface area contributed by atoms with Gasteiger partial charge in [0.15, 0.2) is 5.25 Å². The summed E-state index contributed by atoms with van der Waals surface area (Å²) in [4.78, 5) is 21.8. The first kappa shape index (κ1) is 19.7. The lowest BCUT2D eigenvalue weighted by Gasteiger charge is -2.09. The molecule has 0 rings (SSSR count). The number of hydrogen-bond donors (Lipinski definition) is 3. The van der Waals surface area contributed by atoms with Crippen LogP contribution in [0.2, 0.25) is 0 Å². The minimum atomic E-state index is -4.88. The van der Waals surface area contributed by atoms with Gasteiger partial charge < -0.3 is 24.4 Å². The van der Waals surface area contributed by atoms with Gasteiger partial charge in [0.1, 0.15) is 6.61 Å². The minimum absolute atomic E-state index is 0.0117. The Morgan fingerprint density at radius 3 is 2.00 bits per heavy atom. The summed E-state index contributed by atoms with van der Waals surface area (Å²) in [7, 11) is -4.88. The topological polar surface area (TPSA) is 157 Å². The third-order valence-electron chi connectivity index (χ3n) is 2.09. The average molecular weight is 330 g/mol. The summed E-state index contributed by atoms with van der Waals surface area (Å²) in [6.45, 7) is 0.355. The van der Waals surface area contributed by atoms with Crippen LogP contribution in [0, 0.1) is 0 Å². The zero-order chi connectivity index (χ0) is 16.3. The average Bonchev–Trinajstić information content (AvgIpc) is 2.37. The molecule has 21 heavy (non-hydrogen) atoms. The molecule has 0 heterocycles. The summed E-state index contributed by atoms with van der Waals surface area (Å²) in [5.74, 6) is -2.92. The van der Waals surface area contributed by atoms with Gasteiger partial charge in [0.25, 0.3) is 10.1 Å². The van der Waals surface area contributed by atoms with Crippen LogP contribution in [0.15, 0.2) is 0 Å². The van der Waals surface area contributed by atoms with Crippen LogP contribution in [0.1, 0.15) is 6.42 Å². The molecule has 0 saturated heterocycles. The summed E-state index contributed by atoms with van der Waals surface area (Å²) in [5.41, 5.74) is 0. The maximum atomic E-state index is 11.2. The number of hydrogen-bond acceptors (Lipinski definition) is 8. The van der Waals surface area contributed by atoms with Crippen LogP contribution in [0.4, 0.5) is 0 Å². The molecule has 0 aliphatic heterocycles. The lowest BCUT2D eigenvalue weighted by Crippen LogP contribution is -2.32. The van der Waals surface area contributed by atoms with Crippen molar-refractivity contribution in [3.05, 3.63) is 0 Å². The highest BCUT2D eigenvalue weighted by Crippen LogP contribution is 2.06. The predicted octanol–water partition coefficient (Wildman–Crippen LogP) is -1.71. The molecule has 0 aromatic heterocycles. The molecule has 0 aliphatic carbocycles. The van der Waals surface area contributed by atoms with Crippen molar-refractivity contribution in [3.63, 3.8) is 0 Å². The zero-order valence-corrected chi connectivity index (χ0v) is 12.0. The van der Waals surface area contributed by atoms with Crippen LogP contribution in [0.3, 0.4) is 0 Å². The molecule has 0 bridgehead atoms. The van der Waals surface area contributed by atoms with Crippen LogP contribution in [0.25, 0.3) is 0 Å². The van der Waals surface area contributed by atoms with E-state index in [-0.39, 0.29) is 39.6 Å². The van der Waals surface area contributed by atoms with Crippen molar-refractivity contribution < 1.29 is 47.0 Å². The molecule has 10 nitrogen and oxygen atoms in total. The van der Waals surface area contributed by atoms with Crippen molar-refractivity contribution >= 4 is 22.1 Å². The minimum Gasteiger partial charge on any atom is -0.480 e. The Hall–Kier alpha value is -1.27. The van der Waals surface area contributed by atoms with E-state index in [1.54, 1.807) is 0 Å². The van der Waals surface area contributed by atoms with Gasteiger partial charge in [-0.05, 0) is 0 Å². The molecule has 1 unspecified atom stereocenters. The Bertz CT molecular complexity index is 418. The summed E-state index contributed by atoms with van der Waals surface area (Å²) < 4.78 is 44.5. The Labute approximate surface area is 121 Å². The Kier molecular flexibility index (Phi) is 9.82. The van der Waals surface area contributed by atoms with Gasteiger partial charge in [0.05, 0.1) is 39.5 Å². The fraction of sp³-hybridized carbons (Fsp3) is 0.800. The van der Waals surface area contributed by atoms with Crippen LogP contribution in [-0.4, -0.2) is 80.0 Å². The number of esters is 1. The molecular weight excluding hydrogens is 312 g/mol. The van der Waals surface area contributed by atoms with Crippen molar-refractivity contribution in [2.45, 2.75) is 11.7 Å². The first-order chi connectivity index (χ1) is 9.79. The van der Waals surface area contributed by atoms with Crippen molar-refractivity contribution in [2.24, 2.45) is 0 Å². The molecule has 0 spiro atoms. The highest BCUT2D eigenvalue weighted by molar-refractivity contribution is 7.87. The van der Waals surface area contributed by atoms with Crippen molar-refractivity contribution in [2.75, 3.05) is 39.6 Å². The van der Waals surface area contributed by atoms with E-state index in [1.165, 1.54) is 0 Å². The summed E-state index contributed by atoms with van der Waals surface area (Å²) in [6, 6.07) is 0. The molecule has 3 N–H and O–H groups in total. The highest BCUT2D eigenvalue weighted by Gasteiger charge is 2.33. The van der Waals surface area contributed by atoms with Gasteiger partial charge in [-0.2, -0.15) is 8.42 Å². The number of ether oxygens (including phenoxy) is 3. The van der Waals surface area contributed by atoms with Crippen LogP contribution in [0.5, 0.6) is 0 Å². The fourth-order valence-electron chi connectivity index (χ4n) is 1.13. The number of aliphatic hydroxyl groups excluding tert-OH is 1. The summed E-state index contributed by atoms with van der Waals surface area (Å²) in [5, 5.41) is 14.7. The van der Waals surface area contributed by atoms with Gasteiger partial charge in [-0.15, -0.1) is 0 Å². The molecule has 0 saturated carbocycles. The third-order valence-corrected chi connectivity index (χ3v) is 3.17. The number of rotatable bonds is 12. The summed E-state index contributed by atoms with van der Waals surface area (Å²) in [6.07, 6.45) is -0.992. The van der Waals surface area contributed by atoms with E-state index in [9.17, 15) is 18.0 Å². The van der Waals surface area contributed by atoms with Crippen molar-refractivity contribution in [1.82, 2.24) is 0 Å². The molecular formula is C10H18O10S.